The number of nitrogens with one attached hydrogen (secondary N) is 3. The van der Waals surface area contributed by atoms with Crippen LogP contribution < -0.4 is 20.9 Å². The minimum absolute atomic E-state index is 0.00629. The normalized spacial score (nSPS) is 16.4. The molecule has 2 fully saturated rings. The lowest BCUT2D eigenvalue weighted by molar-refractivity contribution is -0.144. The largest absolute Gasteiger partial charge is 0.508 e. The molecule has 0 aliphatic carbocycles. The number of aromatic hydroxyl groups is 1. The van der Waals surface area contributed by atoms with E-state index in [0.717, 1.165) is 21.7 Å². The highest BCUT2D eigenvalue weighted by Crippen LogP contribution is 2.42. The van der Waals surface area contributed by atoms with Gasteiger partial charge in [0.05, 0.1) is 53.1 Å². The Morgan fingerprint density at radius 3 is 2.38 bits per heavy atom. The van der Waals surface area contributed by atoms with Crippen LogP contribution >= 0.6 is 22.9 Å². The Balaban J connectivity index is 0.802. The van der Waals surface area contributed by atoms with Crippen LogP contribution in [-0.4, -0.2) is 167 Å². The first-order valence-electron chi connectivity index (χ1n) is 26.9. The molecular weight excluding hydrogens is 1070 g/mol. The number of likely N-dealkylation sites (N-methyl/N-ethyl adjacent to an activating group) is 1. The van der Waals surface area contributed by atoms with Gasteiger partial charge in [0, 0.05) is 83.1 Å². The highest BCUT2D eigenvalue weighted by Gasteiger charge is 2.45. The van der Waals surface area contributed by atoms with Crippen molar-refractivity contribution in [1.29, 1.82) is 0 Å². The highest BCUT2D eigenvalue weighted by atomic mass is 35.5. The Kier molecular flexibility index (Phi) is 19.2. The van der Waals surface area contributed by atoms with Gasteiger partial charge in [0.1, 0.15) is 35.8 Å². The molecule has 2 saturated heterocycles. The van der Waals surface area contributed by atoms with Gasteiger partial charge in [-0.15, -0.1) is 11.3 Å². The van der Waals surface area contributed by atoms with Crippen LogP contribution in [0.1, 0.15) is 71.2 Å². The van der Waals surface area contributed by atoms with Crippen LogP contribution in [0.3, 0.4) is 0 Å². The molecule has 0 spiro atoms. The number of anilines is 2. The number of ether oxygens (including phenoxy) is 2. The number of phenols is 1. The van der Waals surface area contributed by atoms with Crippen LogP contribution in [0.25, 0.3) is 43.2 Å². The number of phenolic OH excluding ortho intramolecular Hbond substituents is 1. The molecule has 4 aromatic carbocycles. The van der Waals surface area contributed by atoms with Gasteiger partial charge in [-0.25, -0.2) is 14.4 Å². The van der Waals surface area contributed by atoms with Crippen LogP contribution in [0.4, 0.5) is 16.2 Å². The predicted molar refractivity (Wildman–Crippen MR) is 307 cm³/mol. The maximum atomic E-state index is 17.0. The number of fused-ring (bicyclic) bond motifs is 2. The number of piperazine rings is 1. The summed E-state index contributed by atoms with van der Waals surface area (Å²) >= 11 is 8.45. The lowest BCUT2D eigenvalue weighted by Gasteiger charge is -2.36. The van der Waals surface area contributed by atoms with Crippen molar-refractivity contribution in [2.24, 2.45) is 5.41 Å². The molecule has 0 radical (unpaired) electrons. The lowest BCUT2D eigenvalue weighted by Crippen LogP contribution is -2.58. The van der Waals surface area contributed by atoms with Crippen molar-refractivity contribution < 1.29 is 48.0 Å². The standard InChI is InChI=1S/C58H70ClFN10O9S/c1-8-47(74)68-19-21-69(22-20-68)54-43-30-44(59)49(42-28-39(71)27-38-11-9-10-12-41(38)42)50(60)51(43)65-57(66-54)61-18-17-48(75)67(7)23-24-78-25-26-79-32-46(73)64-53(58(4,5)6)56(77)70-31-40(72)29-45(70)55(76)63-34(2)36-13-15-37(16-14-36)52-35(3)62-33-80-52/h9-16,27-28,30,33-34,40,45,53,71-72H,8,17-26,29,31-32H2,1-7H3,(H,63,76)(H,64,73)(H,61,65,66)/t34-,40+,45-,53+/m0/s1. The Bertz CT molecular complexity index is 3220. The number of thiazole rings is 1. The minimum atomic E-state index is -1.03. The number of halogens is 2. The molecule has 0 unspecified atom stereocenters. The van der Waals surface area contributed by atoms with Crippen molar-refractivity contribution in [3.05, 3.63) is 94.3 Å². The molecule has 2 aliphatic rings. The average molecular weight is 1140 g/mol. The molecule has 6 aromatic rings. The first kappa shape index (κ1) is 59.1. The first-order chi connectivity index (χ1) is 38.2. The fourth-order valence-corrected chi connectivity index (χ4v) is 11.1. The number of likely N-dealkylation sites (tertiary alicyclic amines) is 1. The van der Waals surface area contributed by atoms with Gasteiger partial charge in [0.2, 0.25) is 35.5 Å². The molecule has 19 nitrogen and oxygen atoms in total. The van der Waals surface area contributed by atoms with Crippen LogP contribution in [-0.2, 0) is 33.4 Å². The monoisotopic (exact) mass is 1140 g/mol. The molecule has 4 atom stereocenters. The molecule has 2 aromatic heterocycles. The zero-order chi connectivity index (χ0) is 57.4. The second-order valence-corrected chi connectivity index (χ2v) is 22.6. The zero-order valence-electron chi connectivity index (χ0n) is 46.2. The Morgan fingerprint density at radius 1 is 0.950 bits per heavy atom. The fraction of sp³-hybridized carbons (Fsp3) is 0.448. The third kappa shape index (κ3) is 13.9. The van der Waals surface area contributed by atoms with E-state index in [1.807, 2.05) is 74.2 Å². The van der Waals surface area contributed by atoms with Gasteiger partial charge in [0.15, 0.2) is 5.82 Å². The van der Waals surface area contributed by atoms with Gasteiger partial charge in [0.25, 0.3) is 0 Å². The quantitative estimate of drug-likeness (QED) is 0.0453. The van der Waals surface area contributed by atoms with E-state index >= 15 is 4.39 Å². The number of β-amino-alcohol motifs (C(OH)–C–C–N with tert-alkyl or cyclic N) is 1. The van der Waals surface area contributed by atoms with E-state index in [-0.39, 0.29) is 105 Å². The van der Waals surface area contributed by atoms with Crippen LogP contribution in [0, 0.1) is 18.2 Å². The van der Waals surface area contributed by atoms with Crippen LogP contribution in [0.2, 0.25) is 5.02 Å². The molecule has 2 aliphatic heterocycles. The van der Waals surface area contributed by atoms with Crippen molar-refractivity contribution in [2.45, 2.75) is 85.0 Å². The number of amides is 5. The van der Waals surface area contributed by atoms with Gasteiger partial charge in [-0.2, -0.15) is 4.98 Å². The van der Waals surface area contributed by atoms with E-state index in [1.165, 1.54) is 15.9 Å². The summed E-state index contributed by atoms with van der Waals surface area (Å²) in [6.45, 7) is 13.1. The number of carbonyl (C=O) groups excluding carboxylic acids is 5. The van der Waals surface area contributed by atoms with E-state index in [4.69, 9.17) is 26.1 Å². The average Bonchev–Trinajstić information content (AvgIpc) is 4.13. The van der Waals surface area contributed by atoms with Crippen molar-refractivity contribution >= 4 is 85.9 Å². The summed E-state index contributed by atoms with van der Waals surface area (Å²) in [7, 11) is 1.64. The van der Waals surface area contributed by atoms with Crippen molar-refractivity contribution in [3.8, 4) is 27.3 Å². The smallest absolute Gasteiger partial charge is 0.246 e. The number of benzene rings is 4. The van der Waals surface area contributed by atoms with Gasteiger partial charge in [-0.3, -0.25) is 24.0 Å². The summed E-state index contributed by atoms with van der Waals surface area (Å²) in [5.74, 6) is -1.85. The molecule has 80 heavy (non-hydrogen) atoms. The molecular formula is C58H70ClFN10O9S. The van der Waals surface area contributed by atoms with Gasteiger partial charge >= 0.3 is 0 Å². The number of carbonyl (C=O) groups is 5. The second kappa shape index (κ2) is 26.0. The highest BCUT2D eigenvalue weighted by molar-refractivity contribution is 7.13. The SMILES string of the molecule is CCC(=O)N1CCN(c2nc(NCCC(=O)N(C)CCOCCOCC(=O)N[C@H](C(=O)N3C[C@H](O)C[C@H]3C(=O)N[C@@H](C)c3ccc(-c4scnc4C)cc3)C(C)(C)C)nc3c(F)c(-c4cc(O)cc5ccccc45)c(Cl)cc23)CC1. The summed E-state index contributed by atoms with van der Waals surface area (Å²) in [6, 6.07) is 17.5. The minimum Gasteiger partial charge on any atom is -0.508 e. The van der Waals surface area contributed by atoms with E-state index in [0.29, 0.717) is 60.1 Å². The van der Waals surface area contributed by atoms with Gasteiger partial charge in [-0.05, 0) is 64.9 Å². The summed E-state index contributed by atoms with van der Waals surface area (Å²) < 4.78 is 28.3. The van der Waals surface area contributed by atoms with Crippen molar-refractivity contribution in [2.75, 3.05) is 89.5 Å². The molecule has 0 bridgehead atoms. The summed E-state index contributed by atoms with van der Waals surface area (Å²) in [6.07, 6.45) is -0.440. The predicted octanol–water partition coefficient (Wildman–Crippen LogP) is 7.10. The van der Waals surface area contributed by atoms with E-state index in [9.17, 15) is 34.2 Å². The number of hydrogen-bond donors (Lipinski definition) is 5. The van der Waals surface area contributed by atoms with Gasteiger partial charge < -0.3 is 55.2 Å². The third-order valence-electron chi connectivity index (χ3n) is 14.5. The fourth-order valence-electron chi connectivity index (χ4n) is 10.0. The Morgan fingerprint density at radius 2 is 1.68 bits per heavy atom. The number of aliphatic hydroxyl groups is 1. The molecule has 8 rings (SSSR count). The number of aromatic nitrogens is 3. The maximum Gasteiger partial charge on any atom is 0.246 e. The Labute approximate surface area is 473 Å². The van der Waals surface area contributed by atoms with Crippen molar-refractivity contribution in [3.63, 3.8) is 0 Å². The molecule has 5 N–H and O–H groups in total. The van der Waals surface area contributed by atoms with Crippen LogP contribution in [0.15, 0.2) is 72.2 Å². The number of nitrogens with zero attached hydrogens (tertiary/aromatic N) is 7. The first-order valence-corrected chi connectivity index (χ1v) is 28.1. The molecule has 22 heteroatoms. The molecule has 0 saturated carbocycles. The topological polar surface area (TPSA) is 232 Å². The zero-order valence-corrected chi connectivity index (χ0v) is 47.8. The summed E-state index contributed by atoms with van der Waals surface area (Å²) in [5, 5.41) is 32.1. The van der Waals surface area contributed by atoms with E-state index in [2.05, 4.69) is 25.9 Å². The number of rotatable bonds is 21. The number of aryl methyl sites for hydroxylation is 1. The lowest BCUT2D eigenvalue weighted by atomic mass is 9.85. The third-order valence-corrected chi connectivity index (χ3v) is 15.8. The second-order valence-electron chi connectivity index (χ2n) is 21.3. The number of hydrogen-bond acceptors (Lipinski definition) is 15. The maximum absolute atomic E-state index is 17.0. The van der Waals surface area contributed by atoms with E-state index < -0.39 is 47.1 Å². The van der Waals surface area contributed by atoms with Crippen molar-refractivity contribution in [1.82, 2.24) is 40.3 Å². The summed E-state index contributed by atoms with van der Waals surface area (Å²) in [5.41, 5.74) is 4.34. The van der Waals surface area contributed by atoms with Gasteiger partial charge in [-0.1, -0.05) is 87.8 Å². The molecule has 426 valence electrons. The Hall–Kier alpha value is -7.04. The summed E-state index contributed by atoms with van der Waals surface area (Å²) in [4.78, 5) is 88.2. The molecule has 5 amide bonds. The van der Waals surface area contributed by atoms with Crippen LogP contribution in [0.5, 0.6) is 5.75 Å². The molecule has 4 heterocycles. The van der Waals surface area contributed by atoms with E-state index in [1.54, 1.807) is 61.7 Å². The number of aliphatic hydroxyl groups excluding tert-OH is 1.